The summed E-state index contributed by atoms with van der Waals surface area (Å²) in [6.45, 7) is 4.90. The number of benzene rings is 2. The predicted molar refractivity (Wildman–Crippen MR) is 128 cm³/mol. The molecule has 2 aromatic carbocycles. The van der Waals surface area contributed by atoms with E-state index in [1.54, 1.807) is 12.1 Å². The van der Waals surface area contributed by atoms with Crippen molar-refractivity contribution in [2.75, 3.05) is 6.61 Å². The summed E-state index contributed by atoms with van der Waals surface area (Å²) in [6, 6.07) is 11.7. The summed E-state index contributed by atoms with van der Waals surface area (Å²) in [5.74, 6) is -0.00612. The minimum absolute atomic E-state index is 0.0585. The Morgan fingerprint density at radius 3 is 2.06 bits per heavy atom. The molecule has 0 bridgehead atoms. The van der Waals surface area contributed by atoms with Crippen LogP contribution in [0.3, 0.4) is 0 Å². The molecular weight excluding hydrogens is 402 g/mol. The van der Waals surface area contributed by atoms with Gasteiger partial charge in [-0.3, -0.25) is 0 Å². The van der Waals surface area contributed by atoms with Crippen LogP contribution in [-0.2, 0) is 4.74 Å². The first-order valence-corrected chi connectivity index (χ1v) is 12.8. The lowest BCUT2D eigenvalue weighted by Gasteiger charge is -2.29. The molecule has 1 nitrogen and oxygen atoms in total. The number of rotatable bonds is 7. The van der Waals surface area contributed by atoms with Crippen molar-refractivity contribution in [3.8, 4) is 11.1 Å². The molecule has 1 saturated carbocycles. The minimum Gasteiger partial charge on any atom is -0.378 e. The molecule has 4 rings (SSSR count). The third-order valence-corrected chi connectivity index (χ3v) is 7.77. The topological polar surface area (TPSA) is 9.23 Å². The summed E-state index contributed by atoms with van der Waals surface area (Å²) < 4.78 is 36.0. The smallest absolute Gasteiger partial charge is 0.166 e. The van der Waals surface area contributed by atoms with Crippen molar-refractivity contribution in [3.05, 3.63) is 59.2 Å². The van der Waals surface area contributed by atoms with Crippen molar-refractivity contribution in [2.45, 2.75) is 96.0 Å². The van der Waals surface area contributed by atoms with E-state index in [4.69, 9.17) is 4.74 Å². The molecule has 0 aromatic heterocycles. The fraction of sp³-hybridized carbons (Fsp3) is 0.586. The Kier molecular flexibility index (Phi) is 7.99. The van der Waals surface area contributed by atoms with Crippen LogP contribution in [0.5, 0.6) is 0 Å². The fourth-order valence-corrected chi connectivity index (χ4v) is 5.83. The first-order valence-electron chi connectivity index (χ1n) is 12.8. The van der Waals surface area contributed by atoms with Crippen LogP contribution in [0.4, 0.5) is 8.78 Å². The monoisotopic (exact) mass is 440 g/mol. The number of hydrogen-bond acceptors (Lipinski definition) is 1. The summed E-state index contributed by atoms with van der Waals surface area (Å²) in [6.07, 6.45) is 11.9. The van der Waals surface area contributed by atoms with Crippen LogP contribution in [0.15, 0.2) is 36.4 Å². The largest absolute Gasteiger partial charge is 0.378 e. The van der Waals surface area contributed by atoms with E-state index in [-0.39, 0.29) is 12.0 Å². The Labute approximate surface area is 192 Å². The van der Waals surface area contributed by atoms with Gasteiger partial charge in [0.2, 0.25) is 0 Å². The molecule has 0 spiro atoms. The van der Waals surface area contributed by atoms with Crippen LogP contribution in [0.25, 0.3) is 11.1 Å². The van der Waals surface area contributed by atoms with Crippen molar-refractivity contribution in [3.63, 3.8) is 0 Å². The van der Waals surface area contributed by atoms with Gasteiger partial charge in [0.15, 0.2) is 11.6 Å². The Morgan fingerprint density at radius 1 is 0.750 bits per heavy atom. The maximum absolute atomic E-state index is 15.1. The average molecular weight is 441 g/mol. The molecule has 3 heteroatoms. The molecule has 2 aromatic rings. The van der Waals surface area contributed by atoms with Gasteiger partial charge in [-0.2, -0.15) is 0 Å². The molecule has 2 fully saturated rings. The zero-order chi connectivity index (χ0) is 22.5. The summed E-state index contributed by atoms with van der Waals surface area (Å²) in [5, 5.41) is 0. The van der Waals surface area contributed by atoms with E-state index >= 15 is 8.78 Å². The van der Waals surface area contributed by atoms with Crippen molar-refractivity contribution < 1.29 is 13.5 Å². The van der Waals surface area contributed by atoms with Gasteiger partial charge in [0.25, 0.3) is 0 Å². The normalized spacial score (nSPS) is 26.2. The molecule has 2 aliphatic rings. The van der Waals surface area contributed by atoms with Crippen LogP contribution in [-0.4, -0.2) is 12.7 Å². The molecule has 0 radical (unpaired) electrons. The Morgan fingerprint density at radius 2 is 1.44 bits per heavy atom. The van der Waals surface area contributed by atoms with Crippen LogP contribution < -0.4 is 0 Å². The van der Waals surface area contributed by atoms with E-state index in [0.717, 1.165) is 37.2 Å². The second-order valence-corrected chi connectivity index (χ2v) is 9.98. The Balaban J connectivity index is 1.43. The second kappa shape index (κ2) is 10.9. The maximum Gasteiger partial charge on any atom is 0.166 e. The highest BCUT2D eigenvalue weighted by atomic mass is 19.2. The highest BCUT2D eigenvalue weighted by Gasteiger charge is 2.27. The third-order valence-electron chi connectivity index (χ3n) is 7.77. The summed E-state index contributed by atoms with van der Waals surface area (Å²) in [7, 11) is 0. The molecule has 1 heterocycles. The van der Waals surface area contributed by atoms with Gasteiger partial charge < -0.3 is 4.74 Å². The van der Waals surface area contributed by atoms with Crippen LogP contribution in [0, 0.1) is 17.6 Å². The van der Waals surface area contributed by atoms with Gasteiger partial charge in [0, 0.05) is 11.5 Å². The van der Waals surface area contributed by atoms with E-state index in [1.807, 2.05) is 12.1 Å². The first kappa shape index (κ1) is 23.4. The highest BCUT2D eigenvalue weighted by Crippen LogP contribution is 2.39. The zero-order valence-electron chi connectivity index (χ0n) is 19.7. The van der Waals surface area contributed by atoms with Crippen molar-refractivity contribution in [2.24, 2.45) is 5.92 Å². The quantitative estimate of drug-likeness (QED) is 0.418. The lowest BCUT2D eigenvalue weighted by molar-refractivity contribution is -0.00181. The SMILES string of the molecule is CCCC1CCC(c2ccc(-c3ccc(C4CCC(CCC)OC4)c(F)c3F)cc2)CC1. The van der Waals surface area contributed by atoms with Crippen molar-refractivity contribution in [1.82, 2.24) is 0 Å². The van der Waals surface area contributed by atoms with E-state index < -0.39 is 11.6 Å². The molecule has 2 atom stereocenters. The number of hydrogen-bond donors (Lipinski definition) is 0. The van der Waals surface area contributed by atoms with Gasteiger partial charge in [-0.1, -0.05) is 69.5 Å². The predicted octanol–water partition coefficient (Wildman–Crippen LogP) is 8.77. The van der Waals surface area contributed by atoms with E-state index in [2.05, 4.69) is 26.0 Å². The average Bonchev–Trinajstić information content (AvgIpc) is 2.83. The van der Waals surface area contributed by atoms with Gasteiger partial charge in [-0.25, -0.2) is 8.78 Å². The highest BCUT2D eigenvalue weighted by molar-refractivity contribution is 5.65. The maximum atomic E-state index is 15.1. The summed E-state index contributed by atoms with van der Waals surface area (Å²) in [5.41, 5.74) is 2.90. The molecule has 0 amide bonds. The molecule has 174 valence electrons. The number of ether oxygens (including phenoxy) is 1. The summed E-state index contributed by atoms with van der Waals surface area (Å²) in [4.78, 5) is 0. The Hall–Kier alpha value is -1.74. The first-order chi connectivity index (χ1) is 15.6. The third kappa shape index (κ3) is 5.25. The van der Waals surface area contributed by atoms with Crippen molar-refractivity contribution >= 4 is 0 Å². The van der Waals surface area contributed by atoms with Crippen LogP contribution in [0.2, 0.25) is 0 Å². The number of halogens is 2. The van der Waals surface area contributed by atoms with E-state index in [9.17, 15) is 0 Å². The van der Waals surface area contributed by atoms with E-state index in [0.29, 0.717) is 23.7 Å². The molecule has 2 unspecified atom stereocenters. The Bertz CT molecular complexity index is 859. The van der Waals surface area contributed by atoms with Gasteiger partial charge in [0.1, 0.15) is 0 Å². The van der Waals surface area contributed by atoms with Gasteiger partial charge in [-0.05, 0) is 73.5 Å². The van der Waals surface area contributed by atoms with Gasteiger partial charge in [0.05, 0.1) is 12.7 Å². The van der Waals surface area contributed by atoms with Gasteiger partial charge >= 0.3 is 0 Å². The van der Waals surface area contributed by atoms with Crippen molar-refractivity contribution in [1.29, 1.82) is 0 Å². The molecule has 1 saturated heterocycles. The molecule has 1 aliphatic carbocycles. The fourth-order valence-electron chi connectivity index (χ4n) is 5.83. The zero-order valence-corrected chi connectivity index (χ0v) is 19.7. The molecule has 0 N–H and O–H groups in total. The van der Waals surface area contributed by atoms with Gasteiger partial charge in [-0.15, -0.1) is 0 Å². The van der Waals surface area contributed by atoms with Crippen LogP contribution >= 0.6 is 0 Å². The molecule has 1 aliphatic heterocycles. The van der Waals surface area contributed by atoms with Crippen LogP contribution in [0.1, 0.15) is 101 Å². The minimum atomic E-state index is -0.731. The lowest BCUT2D eigenvalue weighted by Crippen LogP contribution is -2.25. The van der Waals surface area contributed by atoms with E-state index in [1.165, 1.54) is 44.1 Å². The standard InChI is InChI=1S/C29H38F2O/c1-3-5-20-7-9-21(10-8-20)22-11-13-23(14-12-22)26-17-18-27(29(31)28(26)30)24-15-16-25(6-4-2)32-19-24/h11-14,17-18,20-21,24-25H,3-10,15-16,19H2,1-2H3. The lowest BCUT2D eigenvalue weighted by atomic mass is 9.77. The second-order valence-electron chi connectivity index (χ2n) is 9.98. The molecule has 32 heavy (non-hydrogen) atoms. The summed E-state index contributed by atoms with van der Waals surface area (Å²) >= 11 is 0. The molecular formula is C29H38F2O.